The Balaban J connectivity index is 1.77. The van der Waals surface area contributed by atoms with Crippen molar-refractivity contribution in [2.45, 2.75) is 20.0 Å². The average molecular weight is 339 g/mol. The lowest BCUT2D eigenvalue weighted by molar-refractivity contribution is -0.134. The van der Waals surface area contributed by atoms with Gasteiger partial charge in [0.05, 0.1) is 7.11 Å². The van der Waals surface area contributed by atoms with E-state index in [1.165, 1.54) is 0 Å². The number of ether oxygens (including phenoxy) is 1. The molecule has 2 aromatic rings. The number of nitrogens with zero attached hydrogens (tertiary/aromatic N) is 1. The van der Waals surface area contributed by atoms with Gasteiger partial charge in [-0.25, -0.2) is 0 Å². The van der Waals surface area contributed by atoms with Crippen LogP contribution in [0.5, 0.6) is 5.75 Å². The molecule has 0 aliphatic heterocycles. The first-order valence-electron chi connectivity index (χ1n) is 8.70. The second-order valence-electron chi connectivity index (χ2n) is 6.76. The molecular formula is C21H25NO3. The largest absolute Gasteiger partial charge is 0.497 e. The summed E-state index contributed by atoms with van der Waals surface area (Å²) in [6.45, 7) is 3.25. The molecule has 2 aromatic carbocycles. The van der Waals surface area contributed by atoms with Crippen LogP contribution in [0.4, 0.5) is 0 Å². The molecule has 0 aromatic heterocycles. The SMILES string of the molecule is COc1ccc(CN(Cc2ccccc2)C(=O)[C@@H]2[C@@H](C)[C@@H]2CO)cc1. The van der Waals surface area contributed by atoms with E-state index in [0.29, 0.717) is 13.1 Å². The van der Waals surface area contributed by atoms with Crippen molar-refractivity contribution in [2.24, 2.45) is 17.8 Å². The van der Waals surface area contributed by atoms with Crippen molar-refractivity contribution in [2.75, 3.05) is 13.7 Å². The minimum absolute atomic E-state index is 0.0630. The third kappa shape index (κ3) is 4.02. The van der Waals surface area contributed by atoms with Gasteiger partial charge in [-0.2, -0.15) is 0 Å². The van der Waals surface area contributed by atoms with Crippen LogP contribution in [0.1, 0.15) is 18.1 Å². The van der Waals surface area contributed by atoms with Crippen LogP contribution in [0.2, 0.25) is 0 Å². The Kier molecular flexibility index (Phi) is 5.39. The lowest BCUT2D eigenvalue weighted by Gasteiger charge is -2.24. The fourth-order valence-corrected chi connectivity index (χ4v) is 3.41. The number of methoxy groups -OCH3 is 1. The molecule has 1 aliphatic carbocycles. The van der Waals surface area contributed by atoms with E-state index in [1.807, 2.05) is 66.4 Å². The summed E-state index contributed by atoms with van der Waals surface area (Å²) < 4.78 is 5.20. The summed E-state index contributed by atoms with van der Waals surface area (Å²) in [7, 11) is 1.64. The van der Waals surface area contributed by atoms with Crippen LogP contribution in [0.25, 0.3) is 0 Å². The summed E-state index contributed by atoms with van der Waals surface area (Å²) in [5, 5.41) is 9.43. The third-order valence-electron chi connectivity index (χ3n) is 5.12. The summed E-state index contributed by atoms with van der Waals surface area (Å²) in [4.78, 5) is 14.9. The molecule has 0 radical (unpaired) electrons. The quantitative estimate of drug-likeness (QED) is 0.843. The number of amides is 1. The Labute approximate surface area is 149 Å². The number of carbonyl (C=O) groups is 1. The summed E-state index contributed by atoms with van der Waals surface area (Å²) in [5.74, 6) is 1.23. The fraction of sp³-hybridized carbons (Fsp3) is 0.381. The van der Waals surface area contributed by atoms with Crippen LogP contribution in [0.3, 0.4) is 0 Å². The number of hydrogen-bond acceptors (Lipinski definition) is 3. The monoisotopic (exact) mass is 339 g/mol. The second kappa shape index (κ2) is 7.70. The molecule has 1 amide bonds. The molecular weight excluding hydrogens is 314 g/mol. The van der Waals surface area contributed by atoms with Crippen molar-refractivity contribution in [1.82, 2.24) is 4.90 Å². The zero-order valence-corrected chi connectivity index (χ0v) is 14.8. The molecule has 1 fully saturated rings. The highest BCUT2D eigenvalue weighted by atomic mass is 16.5. The van der Waals surface area contributed by atoms with Gasteiger partial charge in [-0.15, -0.1) is 0 Å². The standard InChI is InChI=1S/C21H25NO3/c1-15-19(14-23)20(15)21(24)22(12-16-6-4-3-5-7-16)13-17-8-10-18(25-2)11-9-17/h3-11,15,19-20,23H,12-14H2,1-2H3/t15-,19-,20+/m0/s1. The van der Waals surface area contributed by atoms with Crippen molar-refractivity contribution in [3.05, 3.63) is 65.7 Å². The van der Waals surface area contributed by atoms with E-state index in [9.17, 15) is 9.90 Å². The molecule has 4 heteroatoms. The van der Waals surface area contributed by atoms with Crippen LogP contribution in [0, 0.1) is 17.8 Å². The van der Waals surface area contributed by atoms with E-state index in [-0.39, 0.29) is 30.3 Å². The Hall–Kier alpha value is -2.33. The summed E-state index contributed by atoms with van der Waals surface area (Å²) in [6, 6.07) is 17.8. The van der Waals surface area contributed by atoms with Crippen LogP contribution < -0.4 is 4.74 Å². The molecule has 132 valence electrons. The van der Waals surface area contributed by atoms with Crippen molar-refractivity contribution in [3.8, 4) is 5.75 Å². The molecule has 0 saturated heterocycles. The van der Waals surface area contributed by atoms with Crippen LogP contribution in [-0.4, -0.2) is 29.6 Å². The average Bonchev–Trinajstić information content (AvgIpc) is 3.31. The highest BCUT2D eigenvalue weighted by Gasteiger charge is 2.52. The maximum atomic E-state index is 13.0. The smallest absolute Gasteiger partial charge is 0.226 e. The zero-order valence-electron chi connectivity index (χ0n) is 14.8. The normalized spacial score (nSPS) is 21.6. The molecule has 0 heterocycles. The third-order valence-corrected chi connectivity index (χ3v) is 5.12. The van der Waals surface area contributed by atoms with Gasteiger partial charge in [0.25, 0.3) is 0 Å². The van der Waals surface area contributed by atoms with Gasteiger partial charge in [0, 0.05) is 25.6 Å². The van der Waals surface area contributed by atoms with Gasteiger partial charge in [0.15, 0.2) is 0 Å². The first-order chi connectivity index (χ1) is 12.1. The number of aliphatic hydroxyl groups is 1. The van der Waals surface area contributed by atoms with Crippen LogP contribution in [-0.2, 0) is 17.9 Å². The molecule has 1 aliphatic rings. The number of hydrogen-bond donors (Lipinski definition) is 1. The molecule has 0 bridgehead atoms. The van der Waals surface area contributed by atoms with Gasteiger partial charge >= 0.3 is 0 Å². The fourth-order valence-electron chi connectivity index (χ4n) is 3.41. The van der Waals surface area contributed by atoms with Crippen molar-refractivity contribution >= 4 is 5.91 Å². The van der Waals surface area contributed by atoms with Gasteiger partial charge in [0.2, 0.25) is 5.91 Å². The molecule has 3 atom stereocenters. The summed E-state index contributed by atoms with van der Waals surface area (Å²) >= 11 is 0. The maximum Gasteiger partial charge on any atom is 0.226 e. The molecule has 1 N–H and O–H groups in total. The molecule has 1 saturated carbocycles. The van der Waals surface area contributed by atoms with Crippen molar-refractivity contribution in [3.63, 3.8) is 0 Å². The molecule has 4 nitrogen and oxygen atoms in total. The van der Waals surface area contributed by atoms with E-state index in [4.69, 9.17) is 4.74 Å². The summed E-state index contributed by atoms with van der Waals surface area (Å²) in [5.41, 5.74) is 2.18. The Morgan fingerprint density at radius 2 is 1.64 bits per heavy atom. The van der Waals surface area contributed by atoms with E-state index >= 15 is 0 Å². The minimum Gasteiger partial charge on any atom is -0.497 e. The Morgan fingerprint density at radius 3 is 2.16 bits per heavy atom. The highest BCUT2D eigenvalue weighted by molar-refractivity contribution is 5.82. The molecule has 0 spiro atoms. The van der Waals surface area contributed by atoms with Gasteiger partial charge in [-0.1, -0.05) is 49.4 Å². The van der Waals surface area contributed by atoms with E-state index in [2.05, 4.69) is 0 Å². The van der Waals surface area contributed by atoms with E-state index < -0.39 is 0 Å². The number of benzene rings is 2. The first kappa shape index (κ1) is 17.5. The Morgan fingerprint density at radius 1 is 1.04 bits per heavy atom. The lowest BCUT2D eigenvalue weighted by Crippen LogP contribution is -2.32. The second-order valence-corrected chi connectivity index (χ2v) is 6.76. The van der Waals surface area contributed by atoms with Gasteiger partial charge in [-0.05, 0) is 35.1 Å². The topological polar surface area (TPSA) is 49.8 Å². The first-order valence-corrected chi connectivity index (χ1v) is 8.70. The minimum atomic E-state index is -0.0630. The number of rotatable bonds is 7. The highest BCUT2D eigenvalue weighted by Crippen LogP contribution is 2.46. The van der Waals surface area contributed by atoms with Gasteiger partial charge in [0.1, 0.15) is 5.75 Å². The molecule has 25 heavy (non-hydrogen) atoms. The van der Waals surface area contributed by atoms with E-state index in [1.54, 1.807) is 7.11 Å². The molecule has 0 unspecified atom stereocenters. The van der Waals surface area contributed by atoms with Crippen molar-refractivity contribution in [1.29, 1.82) is 0 Å². The van der Waals surface area contributed by atoms with Gasteiger partial charge in [-0.3, -0.25) is 4.79 Å². The number of carbonyl (C=O) groups excluding carboxylic acids is 1. The van der Waals surface area contributed by atoms with E-state index in [0.717, 1.165) is 16.9 Å². The zero-order chi connectivity index (χ0) is 17.8. The molecule has 3 rings (SSSR count). The van der Waals surface area contributed by atoms with Crippen LogP contribution >= 0.6 is 0 Å². The van der Waals surface area contributed by atoms with Crippen molar-refractivity contribution < 1.29 is 14.6 Å². The predicted molar refractivity (Wildman–Crippen MR) is 96.9 cm³/mol. The lowest BCUT2D eigenvalue weighted by atomic mass is 10.1. The van der Waals surface area contributed by atoms with Gasteiger partial charge < -0.3 is 14.7 Å². The van der Waals surface area contributed by atoms with Crippen LogP contribution in [0.15, 0.2) is 54.6 Å². The maximum absolute atomic E-state index is 13.0. The predicted octanol–water partition coefficient (Wildman–Crippen LogP) is 3.10. The summed E-state index contributed by atoms with van der Waals surface area (Å²) in [6.07, 6.45) is 0. The number of aliphatic hydroxyl groups excluding tert-OH is 1. The Bertz CT molecular complexity index is 699.